The normalized spacial score (nSPS) is 21.7. The van der Waals surface area contributed by atoms with Gasteiger partial charge in [-0.25, -0.2) is 14.8 Å². The van der Waals surface area contributed by atoms with E-state index in [2.05, 4.69) is 15.3 Å². The van der Waals surface area contributed by atoms with Crippen LogP contribution in [-0.4, -0.2) is 44.4 Å². The molecule has 25 heavy (non-hydrogen) atoms. The number of ether oxygens (including phenoxy) is 1. The molecule has 1 heterocycles. The molecule has 0 aliphatic heterocycles. The van der Waals surface area contributed by atoms with Gasteiger partial charge in [0.15, 0.2) is 6.10 Å². The zero-order valence-electron chi connectivity index (χ0n) is 14.4. The molecule has 1 aliphatic carbocycles. The van der Waals surface area contributed by atoms with Crippen molar-refractivity contribution in [3.8, 4) is 5.75 Å². The van der Waals surface area contributed by atoms with Crippen LogP contribution in [0.15, 0.2) is 18.3 Å². The van der Waals surface area contributed by atoms with E-state index < -0.39 is 12.1 Å². The third kappa shape index (κ3) is 3.99. The van der Waals surface area contributed by atoms with E-state index in [1.807, 2.05) is 19.1 Å². The van der Waals surface area contributed by atoms with E-state index in [-0.39, 0.29) is 12.1 Å². The fourth-order valence-corrected chi connectivity index (χ4v) is 3.02. The molecule has 2 aromatic rings. The van der Waals surface area contributed by atoms with Gasteiger partial charge in [-0.1, -0.05) is 12.1 Å². The maximum atomic E-state index is 11.1. The van der Waals surface area contributed by atoms with Crippen molar-refractivity contribution in [2.45, 2.75) is 57.8 Å². The summed E-state index contributed by atoms with van der Waals surface area (Å²) in [5, 5.41) is 22.8. The Hall–Kier alpha value is -2.41. The van der Waals surface area contributed by atoms with Gasteiger partial charge in [-0.05, 0) is 45.1 Å². The molecular formula is C18H23N3O4. The first-order chi connectivity index (χ1) is 11.9. The van der Waals surface area contributed by atoms with Crippen molar-refractivity contribution in [1.29, 1.82) is 0 Å². The Bertz CT molecular complexity index is 772. The Morgan fingerprint density at radius 1 is 1.32 bits per heavy atom. The molecule has 1 aromatic heterocycles. The molecule has 0 amide bonds. The minimum absolute atomic E-state index is 0.212. The number of aliphatic carboxylic acids is 1. The fourth-order valence-electron chi connectivity index (χ4n) is 3.02. The molecule has 0 spiro atoms. The van der Waals surface area contributed by atoms with E-state index in [0.29, 0.717) is 17.2 Å². The fraction of sp³-hybridized carbons (Fsp3) is 0.500. The van der Waals surface area contributed by atoms with Crippen LogP contribution in [0.2, 0.25) is 0 Å². The topological polar surface area (TPSA) is 105 Å². The Morgan fingerprint density at radius 3 is 2.72 bits per heavy atom. The summed E-state index contributed by atoms with van der Waals surface area (Å²) in [6.07, 6.45) is 3.82. The van der Waals surface area contributed by atoms with Crippen LogP contribution in [-0.2, 0) is 4.79 Å². The lowest BCUT2D eigenvalue weighted by atomic mass is 9.93. The average molecular weight is 345 g/mol. The first-order valence-electron chi connectivity index (χ1n) is 8.54. The Balaban J connectivity index is 1.88. The van der Waals surface area contributed by atoms with E-state index in [1.54, 1.807) is 6.20 Å². The van der Waals surface area contributed by atoms with Crippen LogP contribution in [0.1, 0.15) is 38.2 Å². The van der Waals surface area contributed by atoms with Gasteiger partial charge in [0, 0.05) is 17.6 Å². The molecule has 1 fully saturated rings. The van der Waals surface area contributed by atoms with Gasteiger partial charge in [-0.15, -0.1) is 0 Å². The van der Waals surface area contributed by atoms with Crippen LogP contribution in [0.25, 0.3) is 10.9 Å². The molecule has 1 atom stereocenters. The van der Waals surface area contributed by atoms with Crippen LogP contribution < -0.4 is 10.1 Å². The number of carboxylic acid groups (broad SMARTS) is 1. The number of rotatable bonds is 5. The first-order valence-corrected chi connectivity index (χ1v) is 8.54. The molecule has 1 unspecified atom stereocenters. The van der Waals surface area contributed by atoms with Crippen LogP contribution >= 0.6 is 0 Å². The third-order valence-corrected chi connectivity index (χ3v) is 4.58. The van der Waals surface area contributed by atoms with Crippen molar-refractivity contribution in [3.05, 3.63) is 23.9 Å². The highest BCUT2D eigenvalue weighted by molar-refractivity contribution is 5.86. The highest BCUT2D eigenvalue weighted by Crippen LogP contribution is 2.30. The van der Waals surface area contributed by atoms with Gasteiger partial charge in [-0.2, -0.15) is 0 Å². The van der Waals surface area contributed by atoms with Gasteiger partial charge in [-0.3, -0.25) is 0 Å². The zero-order chi connectivity index (χ0) is 18.0. The van der Waals surface area contributed by atoms with Crippen LogP contribution in [0.5, 0.6) is 5.75 Å². The van der Waals surface area contributed by atoms with E-state index >= 15 is 0 Å². The van der Waals surface area contributed by atoms with Gasteiger partial charge < -0.3 is 20.3 Å². The predicted molar refractivity (Wildman–Crippen MR) is 93.9 cm³/mol. The third-order valence-electron chi connectivity index (χ3n) is 4.58. The molecule has 7 heteroatoms. The van der Waals surface area contributed by atoms with E-state index in [0.717, 1.165) is 36.6 Å². The average Bonchev–Trinajstić information content (AvgIpc) is 2.59. The number of benzene rings is 1. The molecule has 0 saturated heterocycles. The molecule has 1 aromatic carbocycles. The van der Waals surface area contributed by atoms with Gasteiger partial charge in [0.05, 0.1) is 6.10 Å². The molecule has 3 N–H and O–H groups in total. The number of aliphatic hydroxyl groups is 1. The van der Waals surface area contributed by atoms with Crippen molar-refractivity contribution < 1.29 is 19.7 Å². The number of hydrogen-bond acceptors (Lipinski definition) is 6. The Kier molecular flexibility index (Phi) is 5.03. The summed E-state index contributed by atoms with van der Waals surface area (Å²) in [6.45, 7) is 3.36. The Morgan fingerprint density at radius 2 is 2.04 bits per heavy atom. The summed E-state index contributed by atoms with van der Waals surface area (Å²) in [5.41, 5.74) is 1.42. The maximum absolute atomic E-state index is 11.1. The van der Waals surface area contributed by atoms with Crippen molar-refractivity contribution in [1.82, 2.24) is 9.97 Å². The van der Waals surface area contributed by atoms with Gasteiger partial charge in [0.25, 0.3) is 0 Å². The molecule has 1 aliphatic rings. The predicted octanol–water partition coefficient (Wildman–Crippen LogP) is 2.51. The van der Waals surface area contributed by atoms with Crippen molar-refractivity contribution in [2.75, 3.05) is 5.32 Å². The number of nitrogens with zero attached hydrogens (tertiary/aromatic N) is 2. The number of anilines is 1. The Labute approximate surface area is 146 Å². The largest absolute Gasteiger partial charge is 0.479 e. The van der Waals surface area contributed by atoms with E-state index in [4.69, 9.17) is 9.84 Å². The van der Waals surface area contributed by atoms with Crippen molar-refractivity contribution in [2.24, 2.45) is 0 Å². The summed E-state index contributed by atoms with van der Waals surface area (Å²) < 4.78 is 5.63. The summed E-state index contributed by atoms with van der Waals surface area (Å²) in [4.78, 5) is 20.0. The minimum Gasteiger partial charge on any atom is -0.479 e. The van der Waals surface area contributed by atoms with Crippen LogP contribution in [0.4, 0.5) is 5.95 Å². The van der Waals surface area contributed by atoms with Gasteiger partial charge in [0.2, 0.25) is 5.95 Å². The second-order valence-corrected chi connectivity index (χ2v) is 6.59. The first kappa shape index (κ1) is 17.4. The molecule has 0 bridgehead atoms. The molecule has 134 valence electrons. The lowest BCUT2D eigenvalue weighted by molar-refractivity contribution is -0.144. The molecule has 0 radical (unpaired) electrons. The second kappa shape index (κ2) is 7.23. The number of fused-ring (bicyclic) bond motifs is 1. The number of nitrogens with one attached hydrogen (secondary N) is 1. The van der Waals surface area contributed by atoms with Gasteiger partial charge >= 0.3 is 5.97 Å². The van der Waals surface area contributed by atoms with E-state index in [1.165, 1.54) is 6.92 Å². The lowest BCUT2D eigenvalue weighted by Crippen LogP contribution is -2.29. The summed E-state index contributed by atoms with van der Waals surface area (Å²) in [6, 6.07) is 3.99. The quantitative estimate of drug-likeness (QED) is 0.764. The summed E-state index contributed by atoms with van der Waals surface area (Å²) in [7, 11) is 0. The number of aryl methyl sites for hydroxylation is 1. The summed E-state index contributed by atoms with van der Waals surface area (Å²) >= 11 is 0. The number of aromatic nitrogens is 2. The number of aliphatic hydroxyl groups excluding tert-OH is 1. The summed E-state index contributed by atoms with van der Waals surface area (Å²) in [5.74, 6) is -0.0613. The second-order valence-electron chi connectivity index (χ2n) is 6.59. The standard InChI is InChI=1S/C18H23N3O4/c1-10-3-4-12-9-19-18(20-13-5-7-14(22)8-6-13)21-15(12)16(10)25-11(2)17(23)24/h3-4,9,11,13-14,22H,5-8H2,1-2H3,(H,23,24)(H,19,20,21)/t11?,13-,14-. The van der Waals surface area contributed by atoms with E-state index in [9.17, 15) is 9.90 Å². The minimum atomic E-state index is -1.02. The van der Waals surface area contributed by atoms with Gasteiger partial charge in [0.1, 0.15) is 11.3 Å². The van der Waals surface area contributed by atoms with Crippen molar-refractivity contribution >= 4 is 22.8 Å². The molecule has 3 rings (SSSR count). The molecule has 7 nitrogen and oxygen atoms in total. The number of hydrogen-bond donors (Lipinski definition) is 3. The van der Waals surface area contributed by atoms with Crippen molar-refractivity contribution in [3.63, 3.8) is 0 Å². The highest BCUT2D eigenvalue weighted by Gasteiger charge is 2.21. The maximum Gasteiger partial charge on any atom is 0.344 e. The number of carboxylic acids is 1. The smallest absolute Gasteiger partial charge is 0.344 e. The SMILES string of the molecule is Cc1ccc2cnc(N[C@H]3CC[C@H](O)CC3)nc2c1OC(C)C(=O)O. The monoisotopic (exact) mass is 345 g/mol. The van der Waals surface area contributed by atoms with Crippen LogP contribution in [0, 0.1) is 6.92 Å². The molecule has 1 saturated carbocycles. The lowest BCUT2D eigenvalue weighted by Gasteiger charge is -2.26. The highest BCUT2D eigenvalue weighted by atomic mass is 16.5. The zero-order valence-corrected chi connectivity index (χ0v) is 14.4. The molecular weight excluding hydrogens is 322 g/mol. The number of carbonyl (C=O) groups is 1. The van der Waals surface area contributed by atoms with Crippen LogP contribution in [0.3, 0.4) is 0 Å².